The maximum atomic E-state index is 2.62. The first-order valence-electron chi connectivity index (χ1n) is 11.1. The fraction of sp³-hybridized carbons (Fsp3) is 0.429. The van der Waals surface area contributed by atoms with Gasteiger partial charge in [-0.05, 0) is 0 Å². The van der Waals surface area contributed by atoms with Crippen molar-refractivity contribution < 1.29 is 48.0 Å². The van der Waals surface area contributed by atoms with Crippen molar-refractivity contribution in [2.24, 2.45) is 10.8 Å². The van der Waals surface area contributed by atoms with Crippen LogP contribution in [-0.4, -0.2) is 0 Å². The van der Waals surface area contributed by atoms with Gasteiger partial charge in [0.25, 0.3) is 0 Å². The van der Waals surface area contributed by atoms with E-state index in [9.17, 15) is 0 Å². The molecule has 0 fully saturated rings. The number of fused-ring (bicyclic) bond motifs is 2. The summed E-state index contributed by atoms with van der Waals surface area (Å²) in [7, 11) is 0. The van der Waals surface area contributed by atoms with Crippen molar-refractivity contribution >= 4 is 12.2 Å². The van der Waals surface area contributed by atoms with Crippen LogP contribution in [0.4, 0.5) is 0 Å². The van der Waals surface area contributed by atoms with Crippen LogP contribution in [0.2, 0.25) is 0 Å². The number of rotatable bonds is 6. The second-order valence-corrected chi connectivity index (χ2v) is 14.5. The van der Waals surface area contributed by atoms with Crippen LogP contribution in [0.25, 0.3) is 12.2 Å². The molecule has 3 heteroatoms. The Morgan fingerprint density at radius 3 is 1.35 bits per heavy atom. The zero-order valence-electron chi connectivity index (χ0n) is 19.6. The third kappa shape index (κ3) is 3.88. The normalized spacial score (nSPS) is 23.4. The summed E-state index contributed by atoms with van der Waals surface area (Å²) in [5.74, 6) is 0. The van der Waals surface area contributed by atoms with E-state index in [4.69, 9.17) is 0 Å². The first kappa shape index (κ1) is 26.6. The second-order valence-electron chi connectivity index (χ2n) is 10.1. The van der Waals surface area contributed by atoms with Gasteiger partial charge >= 0.3 is 190 Å². The molecule has 0 saturated carbocycles. The molecule has 0 nitrogen and oxygen atoms in total. The molecule has 2 aromatic rings. The molecule has 0 spiro atoms. The minimum Gasteiger partial charge on any atom is -1.00 e. The summed E-state index contributed by atoms with van der Waals surface area (Å²) >= 11 is -1.07. The summed E-state index contributed by atoms with van der Waals surface area (Å²) in [5.41, 5.74) is 6.53. The molecular formula is C28H34Cl2Zr. The van der Waals surface area contributed by atoms with E-state index in [0.717, 1.165) is 0 Å². The smallest absolute Gasteiger partial charge is 1.00 e. The standard InChI is InChI=1S/2C14H17.2ClH.Zr/c2*1-4-14(2,3)13-10-9-11-7-5-6-8-12(11)13;;;/h2*5-10H,4H2,1-3H3;2*1H;/q;;;;+2/p-2. The molecule has 2 unspecified atom stereocenters. The molecule has 0 radical (unpaired) electrons. The van der Waals surface area contributed by atoms with Crippen molar-refractivity contribution in [3.63, 3.8) is 0 Å². The molecule has 0 bridgehead atoms. The summed E-state index contributed by atoms with van der Waals surface area (Å²) in [6.45, 7) is 14.8. The van der Waals surface area contributed by atoms with Crippen molar-refractivity contribution in [2.75, 3.05) is 0 Å². The summed E-state index contributed by atoms with van der Waals surface area (Å²) in [5, 5.41) is 0. The van der Waals surface area contributed by atoms with Crippen molar-refractivity contribution in [3.05, 3.63) is 82.9 Å². The van der Waals surface area contributed by atoms with Gasteiger partial charge in [0.2, 0.25) is 0 Å². The molecule has 164 valence electrons. The van der Waals surface area contributed by atoms with Crippen LogP contribution in [0.1, 0.15) is 76.6 Å². The first-order chi connectivity index (χ1) is 13.7. The average Bonchev–Trinajstić information content (AvgIpc) is 3.30. The monoisotopic (exact) mass is 530 g/mol. The summed E-state index contributed by atoms with van der Waals surface area (Å²) < 4.78 is 0.381. The van der Waals surface area contributed by atoms with Gasteiger partial charge < -0.3 is 24.8 Å². The van der Waals surface area contributed by atoms with Gasteiger partial charge in [-0.2, -0.15) is 0 Å². The van der Waals surface area contributed by atoms with Gasteiger partial charge in [-0.15, -0.1) is 0 Å². The van der Waals surface area contributed by atoms with Gasteiger partial charge in [0.15, 0.2) is 0 Å². The average molecular weight is 533 g/mol. The summed E-state index contributed by atoms with van der Waals surface area (Å²) in [6, 6.07) is 18.4. The number of halogens is 2. The molecule has 4 rings (SSSR count). The SMILES string of the molecule is CCC(C)(C)[C]1([Zr+2][C]2(C(C)(C)CC)C=Cc3ccccc32)C=Cc2ccccc21.[Cl-].[Cl-]. The molecule has 0 amide bonds. The van der Waals surface area contributed by atoms with E-state index in [2.05, 4.69) is 114 Å². The predicted octanol–water partition coefficient (Wildman–Crippen LogP) is 1.79. The fourth-order valence-corrected chi connectivity index (χ4v) is 11.9. The Balaban J connectivity index is 0.00000171. The Hall–Kier alpha value is -0.617. The van der Waals surface area contributed by atoms with E-state index in [1.807, 2.05) is 0 Å². The minimum absolute atomic E-state index is 0. The van der Waals surface area contributed by atoms with E-state index in [0.29, 0.717) is 0 Å². The molecule has 2 atom stereocenters. The van der Waals surface area contributed by atoms with Crippen LogP contribution >= 0.6 is 0 Å². The molecule has 31 heavy (non-hydrogen) atoms. The zero-order valence-corrected chi connectivity index (χ0v) is 23.6. The topological polar surface area (TPSA) is 0 Å². The maximum absolute atomic E-state index is 2.62. The van der Waals surface area contributed by atoms with E-state index >= 15 is 0 Å². The van der Waals surface area contributed by atoms with E-state index < -0.39 is 23.2 Å². The third-order valence-electron chi connectivity index (χ3n) is 8.09. The van der Waals surface area contributed by atoms with Gasteiger partial charge in [-0.3, -0.25) is 0 Å². The van der Waals surface area contributed by atoms with Gasteiger partial charge in [0.05, 0.1) is 0 Å². The van der Waals surface area contributed by atoms with Crippen molar-refractivity contribution in [3.8, 4) is 0 Å². The van der Waals surface area contributed by atoms with Crippen LogP contribution in [0.5, 0.6) is 0 Å². The Morgan fingerprint density at radius 1 is 0.645 bits per heavy atom. The Morgan fingerprint density at radius 2 is 1.00 bits per heavy atom. The van der Waals surface area contributed by atoms with Crippen LogP contribution in [-0.2, 0) is 29.5 Å². The van der Waals surface area contributed by atoms with E-state index in [1.54, 1.807) is 11.1 Å². The molecular weight excluding hydrogens is 498 g/mol. The fourth-order valence-electron chi connectivity index (χ4n) is 5.22. The number of benzene rings is 2. The predicted molar refractivity (Wildman–Crippen MR) is 122 cm³/mol. The van der Waals surface area contributed by atoms with Gasteiger partial charge in [-0.25, -0.2) is 0 Å². The second kappa shape index (κ2) is 9.32. The van der Waals surface area contributed by atoms with E-state index in [1.165, 1.54) is 24.0 Å². The number of hydrogen-bond acceptors (Lipinski definition) is 0. The number of allylic oxidation sites excluding steroid dienone is 2. The summed E-state index contributed by atoms with van der Waals surface area (Å²) in [4.78, 5) is 0. The molecule has 0 saturated heterocycles. The molecule has 2 aliphatic rings. The van der Waals surface area contributed by atoms with Crippen LogP contribution in [0.15, 0.2) is 60.7 Å². The van der Waals surface area contributed by atoms with Crippen LogP contribution in [0, 0.1) is 10.8 Å². The number of hydrogen-bond donors (Lipinski definition) is 0. The quantitative estimate of drug-likeness (QED) is 0.533. The Labute approximate surface area is 213 Å². The Bertz CT molecular complexity index is 909. The molecule has 2 aliphatic carbocycles. The van der Waals surface area contributed by atoms with Crippen LogP contribution in [0.3, 0.4) is 0 Å². The van der Waals surface area contributed by atoms with Crippen molar-refractivity contribution in [1.82, 2.24) is 0 Å². The first-order valence-corrected chi connectivity index (χ1v) is 13.6. The van der Waals surface area contributed by atoms with Crippen LogP contribution < -0.4 is 24.8 Å². The largest absolute Gasteiger partial charge is 1.00 e. The minimum atomic E-state index is -1.07. The molecule has 0 heterocycles. The summed E-state index contributed by atoms with van der Waals surface area (Å²) in [6.07, 6.45) is 12.5. The van der Waals surface area contributed by atoms with Gasteiger partial charge in [0.1, 0.15) is 0 Å². The van der Waals surface area contributed by atoms with Crippen molar-refractivity contribution in [1.29, 1.82) is 0 Å². The van der Waals surface area contributed by atoms with E-state index in [-0.39, 0.29) is 41.9 Å². The molecule has 0 aliphatic heterocycles. The molecule has 0 aromatic heterocycles. The molecule has 0 N–H and O–H groups in total. The third-order valence-corrected chi connectivity index (χ3v) is 15.5. The van der Waals surface area contributed by atoms with Gasteiger partial charge in [-0.1, -0.05) is 0 Å². The van der Waals surface area contributed by atoms with Crippen molar-refractivity contribution in [2.45, 2.75) is 60.6 Å². The molecule has 2 aromatic carbocycles. The zero-order chi connectivity index (χ0) is 20.9. The maximum Gasteiger partial charge on any atom is -1.00 e. The van der Waals surface area contributed by atoms with Gasteiger partial charge in [0, 0.05) is 0 Å². The Kier molecular flexibility index (Phi) is 8.01.